The maximum atomic E-state index is 11.3. The Morgan fingerprint density at radius 2 is 1.31 bits per heavy atom. The van der Waals surface area contributed by atoms with Crippen LogP contribution in [-0.2, 0) is 9.59 Å². The molecule has 0 aromatic heterocycles. The van der Waals surface area contributed by atoms with Gasteiger partial charge in [0, 0.05) is 18.0 Å². The molecule has 0 spiro atoms. The van der Waals surface area contributed by atoms with E-state index in [0.29, 0.717) is 17.0 Å². The molecule has 5 heteroatoms. The van der Waals surface area contributed by atoms with Crippen LogP contribution in [0.4, 0.5) is 0 Å². The summed E-state index contributed by atoms with van der Waals surface area (Å²) in [5, 5.41) is 5.30. The van der Waals surface area contributed by atoms with Gasteiger partial charge in [-0.2, -0.15) is 0 Å². The Morgan fingerprint density at radius 3 is 1.46 bits per heavy atom. The Labute approximate surface area is 168 Å². The lowest BCUT2D eigenvalue weighted by atomic mass is 10.1. The molecule has 0 aliphatic heterocycles. The van der Waals surface area contributed by atoms with E-state index in [2.05, 4.69) is 27.7 Å². The highest BCUT2D eigenvalue weighted by Crippen LogP contribution is 2.15. The molecule has 0 rings (SSSR count). The predicted octanol–water partition coefficient (Wildman–Crippen LogP) is 6.39. The highest BCUT2D eigenvalue weighted by molar-refractivity contribution is 8.01. The van der Waals surface area contributed by atoms with Crippen molar-refractivity contribution in [2.24, 2.45) is 16.8 Å². The zero-order chi connectivity index (χ0) is 21.4. The summed E-state index contributed by atoms with van der Waals surface area (Å²) in [5.74, 6) is 0.263. The summed E-state index contributed by atoms with van der Waals surface area (Å²) in [6, 6.07) is 0. The minimum atomic E-state index is 0.0596. The second-order valence-electron chi connectivity index (χ2n) is 6.39. The monoisotopic (exact) mass is 390 g/mol. The Morgan fingerprint density at radius 1 is 0.923 bits per heavy atom. The van der Waals surface area contributed by atoms with Crippen molar-refractivity contribution in [3.05, 3.63) is 10.6 Å². The van der Waals surface area contributed by atoms with Crippen LogP contribution in [0.2, 0.25) is 0 Å². The van der Waals surface area contributed by atoms with Gasteiger partial charge in [0.2, 0.25) is 0 Å². The summed E-state index contributed by atoms with van der Waals surface area (Å²) >= 11 is 0.942. The van der Waals surface area contributed by atoms with Gasteiger partial charge in [-0.3, -0.25) is 9.93 Å². The lowest BCUT2D eigenvalue weighted by Gasteiger charge is -2.03. The first-order chi connectivity index (χ1) is 12.2. The molecule has 0 amide bonds. The number of aldehydes is 1. The van der Waals surface area contributed by atoms with E-state index in [9.17, 15) is 9.59 Å². The minimum absolute atomic E-state index is 0.0596. The Kier molecular flexibility index (Phi) is 36.6. The molecule has 0 saturated heterocycles. The van der Waals surface area contributed by atoms with E-state index >= 15 is 0 Å². The van der Waals surface area contributed by atoms with Crippen molar-refractivity contribution in [1.29, 1.82) is 0 Å². The van der Waals surface area contributed by atoms with E-state index in [4.69, 9.17) is 10.9 Å². The average molecular weight is 391 g/mol. The number of hydrogen-bond donors (Lipinski definition) is 2. The third-order valence-corrected chi connectivity index (χ3v) is 3.75. The fraction of sp³-hybridized carbons (Fsp3) is 0.810. The number of carbonyl (C=O) groups excluding carboxylic acids is 2. The third kappa shape index (κ3) is 34.5. The zero-order valence-electron chi connectivity index (χ0n) is 18.7. The maximum Gasteiger partial charge on any atom is 0.172 e. The van der Waals surface area contributed by atoms with Crippen molar-refractivity contribution in [2.75, 3.05) is 0 Å². The first kappa shape index (κ1) is 32.8. The molecule has 26 heavy (non-hydrogen) atoms. The highest BCUT2D eigenvalue weighted by Gasteiger charge is 2.09. The van der Waals surface area contributed by atoms with Crippen LogP contribution < -0.4 is 10.9 Å². The Bertz CT molecular complexity index is 322. The average Bonchev–Trinajstić information content (AvgIpc) is 2.62. The maximum absolute atomic E-state index is 11.3. The molecule has 0 heterocycles. The van der Waals surface area contributed by atoms with Gasteiger partial charge < -0.3 is 10.5 Å². The van der Waals surface area contributed by atoms with Crippen molar-refractivity contribution >= 4 is 24.0 Å². The molecule has 0 radical (unpaired) electrons. The topological polar surface area (TPSA) is 86.2 Å². The van der Waals surface area contributed by atoms with Gasteiger partial charge in [-0.05, 0) is 25.3 Å². The molecular formula is C21H46N2O2S. The van der Waals surface area contributed by atoms with E-state index in [1.54, 1.807) is 6.92 Å². The predicted molar refractivity (Wildman–Crippen MR) is 120 cm³/mol. The van der Waals surface area contributed by atoms with E-state index in [-0.39, 0.29) is 11.7 Å². The van der Waals surface area contributed by atoms with Crippen molar-refractivity contribution in [2.45, 2.75) is 107 Å². The molecule has 158 valence electrons. The lowest BCUT2D eigenvalue weighted by Crippen LogP contribution is -2.08. The van der Waals surface area contributed by atoms with E-state index in [1.165, 1.54) is 32.1 Å². The second kappa shape index (κ2) is 29.0. The van der Waals surface area contributed by atoms with Gasteiger partial charge in [0.15, 0.2) is 5.78 Å². The SMILES string of the molecule is CC(C)C=O.CCCC.CCCCC.CCCCC(=O)/C(SN)=C(\C)N. The van der Waals surface area contributed by atoms with Gasteiger partial charge in [-0.1, -0.05) is 87.0 Å². The fourth-order valence-electron chi connectivity index (χ4n) is 1.18. The number of nitrogens with two attached hydrogens (primary N) is 2. The van der Waals surface area contributed by atoms with Crippen LogP contribution in [0, 0.1) is 5.92 Å². The van der Waals surface area contributed by atoms with Gasteiger partial charge >= 0.3 is 0 Å². The fourth-order valence-corrected chi connectivity index (χ4v) is 1.60. The highest BCUT2D eigenvalue weighted by atomic mass is 32.2. The Hall–Kier alpha value is -0.810. The molecule has 0 aliphatic rings. The summed E-state index contributed by atoms with van der Waals surface area (Å²) in [4.78, 5) is 21.3. The van der Waals surface area contributed by atoms with E-state index in [0.717, 1.165) is 31.1 Å². The molecule has 0 atom stereocenters. The summed E-state index contributed by atoms with van der Waals surface area (Å²) < 4.78 is 0. The van der Waals surface area contributed by atoms with Crippen LogP contribution in [0.1, 0.15) is 107 Å². The number of unbranched alkanes of at least 4 members (excludes halogenated alkanes) is 4. The van der Waals surface area contributed by atoms with Gasteiger partial charge in [0.25, 0.3) is 0 Å². The number of hydrogen-bond acceptors (Lipinski definition) is 5. The molecule has 0 saturated carbocycles. The number of Topliss-reactive ketones (excluding diaryl/α,β-unsaturated/α-hetero) is 1. The molecule has 0 fully saturated rings. The van der Waals surface area contributed by atoms with Crippen LogP contribution in [0.25, 0.3) is 0 Å². The van der Waals surface area contributed by atoms with Crippen LogP contribution >= 0.6 is 11.9 Å². The van der Waals surface area contributed by atoms with Crippen LogP contribution in [0.5, 0.6) is 0 Å². The second-order valence-corrected chi connectivity index (χ2v) is 7.03. The molecular weight excluding hydrogens is 344 g/mol. The molecule has 0 aromatic carbocycles. The molecule has 0 aliphatic carbocycles. The summed E-state index contributed by atoms with van der Waals surface area (Å²) in [6.07, 6.45) is 10.1. The molecule has 0 bridgehead atoms. The summed E-state index contributed by atoms with van der Waals surface area (Å²) in [7, 11) is 0. The van der Waals surface area contributed by atoms with Gasteiger partial charge in [0.05, 0.1) is 4.91 Å². The number of ketones is 1. The van der Waals surface area contributed by atoms with Gasteiger partial charge in [-0.15, -0.1) is 0 Å². The summed E-state index contributed by atoms with van der Waals surface area (Å²) in [5.41, 5.74) is 6.00. The van der Waals surface area contributed by atoms with E-state index in [1.807, 2.05) is 20.8 Å². The molecule has 0 aromatic rings. The minimum Gasteiger partial charge on any atom is -0.401 e. The van der Waals surface area contributed by atoms with Gasteiger partial charge in [0.1, 0.15) is 6.29 Å². The quantitative estimate of drug-likeness (QED) is 0.271. The first-order valence-corrected chi connectivity index (χ1v) is 10.9. The smallest absolute Gasteiger partial charge is 0.172 e. The largest absolute Gasteiger partial charge is 0.401 e. The van der Waals surface area contributed by atoms with Crippen LogP contribution in [-0.4, -0.2) is 12.1 Å². The number of allylic oxidation sites excluding steroid dienone is 2. The van der Waals surface area contributed by atoms with Crippen molar-refractivity contribution in [1.82, 2.24) is 0 Å². The van der Waals surface area contributed by atoms with Crippen molar-refractivity contribution in [3.63, 3.8) is 0 Å². The van der Waals surface area contributed by atoms with Gasteiger partial charge in [-0.25, -0.2) is 0 Å². The van der Waals surface area contributed by atoms with Crippen molar-refractivity contribution in [3.8, 4) is 0 Å². The Balaban J connectivity index is -0.000000143. The van der Waals surface area contributed by atoms with Crippen molar-refractivity contribution < 1.29 is 9.59 Å². The third-order valence-electron chi connectivity index (χ3n) is 2.97. The number of carbonyl (C=O) groups is 2. The standard InChI is InChI=1S/C8H16N2OS.C5H12.C4H8O.C4H10/c1-3-4-5-7(11)8(12-10)6(2)9;1-3-5-4-2;1-4(2)3-5;1-3-4-2/h3-5,9-10H2,1-2H3;3-5H2,1-2H3;3-4H,1-2H3;3-4H2,1-2H3/b8-6-;;;. The summed E-state index contributed by atoms with van der Waals surface area (Å²) in [6.45, 7) is 16.2. The molecule has 0 unspecified atom stereocenters. The van der Waals surface area contributed by atoms with E-state index < -0.39 is 0 Å². The lowest BCUT2D eigenvalue weighted by molar-refractivity contribution is -0.115. The number of rotatable bonds is 9. The normalized spacial score (nSPS) is 10.2. The molecule has 4 N–H and O–H groups in total. The van der Waals surface area contributed by atoms with Crippen LogP contribution in [0.15, 0.2) is 10.6 Å². The van der Waals surface area contributed by atoms with Crippen LogP contribution in [0.3, 0.4) is 0 Å². The zero-order valence-corrected chi connectivity index (χ0v) is 19.5. The molecule has 4 nitrogen and oxygen atoms in total. The first-order valence-electron chi connectivity index (χ1n) is 10.0.